The van der Waals surface area contributed by atoms with Crippen LogP contribution in [0.3, 0.4) is 0 Å². The Morgan fingerprint density at radius 1 is 1.08 bits per heavy atom. The highest BCUT2D eigenvalue weighted by molar-refractivity contribution is 5.94. The van der Waals surface area contributed by atoms with E-state index in [9.17, 15) is 9.90 Å². The summed E-state index contributed by atoms with van der Waals surface area (Å²) in [5.41, 5.74) is 1.68. The van der Waals surface area contributed by atoms with Crippen LogP contribution >= 0.6 is 0 Å². The summed E-state index contributed by atoms with van der Waals surface area (Å²) < 4.78 is 5.87. The number of aromatic nitrogens is 2. The van der Waals surface area contributed by atoms with Crippen LogP contribution in [0, 0.1) is 6.92 Å². The highest BCUT2D eigenvalue weighted by Crippen LogP contribution is 2.25. The molecule has 0 atom stereocenters. The topological polar surface area (TPSA) is 84.3 Å². The minimum absolute atomic E-state index is 0.0206. The maximum absolute atomic E-state index is 12.2. The maximum atomic E-state index is 12.2. The predicted octanol–water partition coefficient (Wildman–Crippen LogP) is 3.21. The molecule has 6 heteroatoms. The van der Waals surface area contributed by atoms with Crippen molar-refractivity contribution in [2.24, 2.45) is 0 Å². The van der Waals surface area contributed by atoms with E-state index in [2.05, 4.69) is 15.3 Å². The van der Waals surface area contributed by atoms with E-state index in [1.807, 2.05) is 37.3 Å². The van der Waals surface area contributed by atoms with Crippen molar-refractivity contribution < 1.29 is 14.6 Å². The SMILES string of the molecule is Cc1ccccc1Oc1ncccc1CNC(=O)c1ncccc1O. The van der Waals surface area contributed by atoms with Crippen LogP contribution in [-0.2, 0) is 6.54 Å². The second kappa shape index (κ2) is 7.44. The smallest absolute Gasteiger partial charge is 0.274 e. The predicted molar refractivity (Wildman–Crippen MR) is 92.6 cm³/mol. The monoisotopic (exact) mass is 335 g/mol. The molecule has 1 aromatic carbocycles. The Morgan fingerprint density at radius 3 is 2.64 bits per heavy atom. The molecule has 0 bridgehead atoms. The van der Waals surface area contributed by atoms with Crippen LogP contribution in [0.15, 0.2) is 60.9 Å². The van der Waals surface area contributed by atoms with E-state index in [0.717, 1.165) is 11.1 Å². The fourth-order valence-corrected chi connectivity index (χ4v) is 2.26. The van der Waals surface area contributed by atoms with Crippen LogP contribution in [0.5, 0.6) is 17.4 Å². The van der Waals surface area contributed by atoms with Gasteiger partial charge in [0.25, 0.3) is 5.91 Å². The number of benzene rings is 1. The normalized spacial score (nSPS) is 10.3. The summed E-state index contributed by atoms with van der Waals surface area (Å²) in [6.07, 6.45) is 3.08. The van der Waals surface area contributed by atoms with E-state index in [0.29, 0.717) is 11.6 Å². The third kappa shape index (κ3) is 3.92. The summed E-state index contributed by atoms with van der Waals surface area (Å²) in [7, 11) is 0. The molecule has 3 aromatic rings. The van der Waals surface area contributed by atoms with Gasteiger partial charge < -0.3 is 15.2 Å². The van der Waals surface area contributed by atoms with Gasteiger partial charge in [-0.15, -0.1) is 0 Å². The van der Waals surface area contributed by atoms with Crippen LogP contribution in [0.1, 0.15) is 21.6 Å². The number of hydrogen-bond acceptors (Lipinski definition) is 5. The number of aryl methyl sites for hydroxylation is 1. The number of carbonyl (C=O) groups excluding carboxylic acids is 1. The number of hydrogen-bond donors (Lipinski definition) is 2. The zero-order valence-electron chi connectivity index (χ0n) is 13.6. The lowest BCUT2D eigenvalue weighted by Gasteiger charge is -2.12. The van der Waals surface area contributed by atoms with Crippen molar-refractivity contribution >= 4 is 5.91 Å². The van der Waals surface area contributed by atoms with Crippen molar-refractivity contribution in [3.8, 4) is 17.4 Å². The first-order chi connectivity index (χ1) is 12.1. The molecule has 0 aliphatic rings. The molecule has 2 aromatic heterocycles. The van der Waals surface area contributed by atoms with E-state index in [4.69, 9.17) is 4.74 Å². The maximum Gasteiger partial charge on any atom is 0.274 e. The first-order valence-corrected chi connectivity index (χ1v) is 7.74. The van der Waals surface area contributed by atoms with E-state index in [1.54, 1.807) is 18.3 Å². The van der Waals surface area contributed by atoms with Crippen LogP contribution < -0.4 is 10.1 Å². The molecule has 3 rings (SSSR count). The number of nitrogens with one attached hydrogen (secondary N) is 1. The number of carbonyl (C=O) groups is 1. The third-order valence-electron chi connectivity index (χ3n) is 3.59. The molecule has 0 aliphatic heterocycles. The van der Waals surface area contributed by atoms with Crippen molar-refractivity contribution in [1.29, 1.82) is 0 Å². The minimum Gasteiger partial charge on any atom is -0.505 e. The standard InChI is InChI=1S/C19H17N3O3/c1-13-6-2-3-9-16(13)25-19-14(7-4-11-21-19)12-22-18(24)17-15(23)8-5-10-20-17/h2-11,23H,12H2,1H3,(H,22,24). The third-order valence-corrected chi connectivity index (χ3v) is 3.59. The van der Waals surface area contributed by atoms with Crippen molar-refractivity contribution in [2.45, 2.75) is 13.5 Å². The van der Waals surface area contributed by atoms with Crippen molar-refractivity contribution in [3.63, 3.8) is 0 Å². The molecule has 0 aliphatic carbocycles. The van der Waals surface area contributed by atoms with E-state index >= 15 is 0 Å². The summed E-state index contributed by atoms with van der Waals surface area (Å²) >= 11 is 0. The Labute approximate surface area is 145 Å². The second-order valence-corrected chi connectivity index (χ2v) is 5.39. The quantitative estimate of drug-likeness (QED) is 0.748. The molecule has 0 fully saturated rings. The average Bonchev–Trinajstić information content (AvgIpc) is 2.63. The first kappa shape index (κ1) is 16.4. The molecular weight excluding hydrogens is 318 g/mol. The van der Waals surface area contributed by atoms with E-state index in [-0.39, 0.29) is 18.0 Å². The van der Waals surface area contributed by atoms with Gasteiger partial charge >= 0.3 is 0 Å². The molecule has 0 spiro atoms. The van der Waals surface area contributed by atoms with E-state index < -0.39 is 5.91 Å². The number of nitrogens with zero attached hydrogens (tertiary/aromatic N) is 2. The van der Waals surface area contributed by atoms with Gasteiger partial charge in [0.15, 0.2) is 5.69 Å². The van der Waals surface area contributed by atoms with Gasteiger partial charge in [0, 0.05) is 24.5 Å². The molecule has 25 heavy (non-hydrogen) atoms. The molecule has 0 saturated carbocycles. The van der Waals surface area contributed by atoms with Gasteiger partial charge in [-0.3, -0.25) is 4.79 Å². The Bertz CT molecular complexity index is 896. The molecule has 126 valence electrons. The Hall–Kier alpha value is -3.41. The molecule has 0 radical (unpaired) electrons. The summed E-state index contributed by atoms with van der Waals surface area (Å²) in [5.74, 6) is 0.491. The zero-order valence-corrected chi connectivity index (χ0v) is 13.6. The summed E-state index contributed by atoms with van der Waals surface area (Å²) in [6, 6.07) is 14.2. The number of ether oxygens (including phenoxy) is 1. The van der Waals surface area contributed by atoms with Crippen LogP contribution in [0.2, 0.25) is 0 Å². The van der Waals surface area contributed by atoms with Crippen LogP contribution in [0.4, 0.5) is 0 Å². The van der Waals surface area contributed by atoms with Gasteiger partial charge in [0.1, 0.15) is 11.5 Å². The Kier molecular flexibility index (Phi) is 4.89. The van der Waals surface area contributed by atoms with Gasteiger partial charge in [0.05, 0.1) is 0 Å². The van der Waals surface area contributed by atoms with Crippen molar-refractivity contribution in [2.75, 3.05) is 0 Å². The van der Waals surface area contributed by atoms with Crippen LogP contribution in [-0.4, -0.2) is 21.0 Å². The van der Waals surface area contributed by atoms with Crippen LogP contribution in [0.25, 0.3) is 0 Å². The van der Waals surface area contributed by atoms with Gasteiger partial charge in [-0.25, -0.2) is 9.97 Å². The lowest BCUT2D eigenvalue weighted by atomic mass is 10.2. The highest BCUT2D eigenvalue weighted by Gasteiger charge is 2.14. The second-order valence-electron chi connectivity index (χ2n) is 5.39. The number of rotatable bonds is 5. The number of amides is 1. The fraction of sp³-hybridized carbons (Fsp3) is 0.105. The highest BCUT2D eigenvalue weighted by atomic mass is 16.5. The Morgan fingerprint density at radius 2 is 1.84 bits per heavy atom. The van der Waals surface area contributed by atoms with Gasteiger partial charge in [0.2, 0.25) is 5.88 Å². The van der Waals surface area contributed by atoms with Gasteiger partial charge in [-0.1, -0.05) is 24.3 Å². The Balaban J connectivity index is 1.74. The summed E-state index contributed by atoms with van der Waals surface area (Å²) in [4.78, 5) is 20.3. The van der Waals surface area contributed by atoms with Crippen molar-refractivity contribution in [1.82, 2.24) is 15.3 Å². The van der Waals surface area contributed by atoms with Gasteiger partial charge in [-0.05, 0) is 36.8 Å². The number of aromatic hydroxyl groups is 1. The molecular formula is C19H17N3O3. The molecule has 1 amide bonds. The molecule has 0 saturated heterocycles. The van der Waals surface area contributed by atoms with Crippen molar-refractivity contribution in [3.05, 3.63) is 77.7 Å². The minimum atomic E-state index is -0.469. The van der Waals surface area contributed by atoms with E-state index in [1.165, 1.54) is 12.3 Å². The zero-order chi connectivity index (χ0) is 17.6. The van der Waals surface area contributed by atoms with Gasteiger partial charge in [-0.2, -0.15) is 0 Å². The molecule has 2 heterocycles. The summed E-state index contributed by atoms with van der Waals surface area (Å²) in [5, 5.41) is 12.4. The molecule has 2 N–H and O–H groups in total. The lowest BCUT2D eigenvalue weighted by Crippen LogP contribution is -2.24. The molecule has 6 nitrogen and oxygen atoms in total. The largest absolute Gasteiger partial charge is 0.505 e. The average molecular weight is 335 g/mol. The number of para-hydroxylation sites is 1. The fourth-order valence-electron chi connectivity index (χ4n) is 2.26. The summed E-state index contributed by atoms with van der Waals surface area (Å²) in [6.45, 7) is 2.15. The lowest BCUT2D eigenvalue weighted by molar-refractivity contribution is 0.0942. The number of pyridine rings is 2. The first-order valence-electron chi connectivity index (χ1n) is 7.74. The molecule has 0 unspecified atom stereocenters.